The fourth-order valence-electron chi connectivity index (χ4n) is 3.83. The number of allylic oxidation sites excluding steroid dienone is 1. The van der Waals surface area contributed by atoms with E-state index in [1.165, 1.54) is 5.56 Å². The highest BCUT2D eigenvalue weighted by Crippen LogP contribution is 2.47. The summed E-state index contributed by atoms with van der Waals surface area (Å²) < 4.78 is 6.68. The van der Waals surface area contributed by atoms with Crippen molar-refractivity contribution in [1.82, 2.24) is 10.2 Å². The zero-order chi connectivity index (χ0) is 22.3. The van der Waals surface area contributed by atoms with Gasteiger partial charge in [0, 0.05) is 5.56 Å². The third kappa shape index (κ3) is 3.95. The zero-order valence-corrected chi connectivity index (χ0v) is 20.1. The Bertz CT molecular complexity index is 1200. The van der Waals surface area contributed by atoms with E-state index in [0.717, 1.165) is 28.8 Å². The Balaban J connectivity index is 1.87. The first-order valence-electron chi connectivity index (χ1n) is 9.73. The number of aromatic hydroxyl groups is 1. The van der Waals surface area contributed by atoms with Crippen molar-refractivity contribution in [2.45, 2.75) is 26.2 Å². The van der Waals surface area contributed by atoms with E-state index in [0.29, 0.717) is 20.7 Å². The lowest BCUT2D eigenvalue weighted by Crippen LogP contribution is -2.21. The molecule has 0 amide bonds. The second-order valence-electron chi connectivity index (χ2n) is 7.87. The van der Waals surface area contributed by atoms with Gasteiger partial charge in [-0.3, -0.25) is 5.10 Å². The number of rotatable bonds is 4. The van der Waals surface area contributed by atoms with Crippen LogP contribution in [0.5, 0.6) is 11.6 Å². The maximum Gasteiger partial charge on any atom is 0.244 e. The van der Waals surface area contributed by atoms with Crippen molar-refractivity contribution in [3.05, 3.63) is 73.5 Å². The molecule has 0 bridgehead atoms. The number of H-pyrrole nitrogens is 1. The van der Waals surface area contributed by atoms with E-state index in [2.05, 4.69) is 74.1 Å². The number of benzene rings is 2. The lowest BCUT2D eigenvalue weighted by molar-refractivity contribution is 0.379. The van der Waals surface area contributed by atoms with E-state index in [1.54, 1.807) is 12.1 Å². The molecular weight excluding hydrogens is 524 g/mol. The Labute approximate surface area is 197 Å². The summed E-state index contributed by atoms with van der Waals surface area (Å²) in [6.45, 7) is 4.38. The van der Waals surface area contributed by atoms with E-state index in [-0.39, 0.29) is 17.2 Å². The summed E-state index contributed by atoms with van der Waals surface area (Å²) >= 11 is 6.75. The molecule has 0 unspecified atom stereocenters. The number of ether oxygens (including phenoxy) is 1. The highest BCUT2D eigenvalue weighted by Gasteiger charge is 2.36. The van der Waals surface area contributed by atoms with E-state index >= 15 is 0 Å². The van der Waals surface area contributed by atoms with Crippen LogP contribution >= 0.6 is 31.9 Å². The van der Waals surface area contributed by atoms with Gasteiger partial charge in [0.15, 0.2) is 0 Å². The summed E-state index contributed by atoms with van der Waals surface area (Å²) in [7, 11) is 0. The van der Waals surface area contributed by atoms with Gasteiger partial charge in [-0.1, -0.05) is 38.1 Å². The lowest BCUT2D eigenvalue weighted by atomic mass is 9.83. The van der Waals surface area contributed by atoms with Gasteiger partial charge in [-0.2, -0.15) is 5.26 Å². The van der Waals surface area contributed by atoms with E-state index in [1.807, 2.05) is 12.1 Å². The minimum atomic E-state index is -0.508. The third-order valence-corrected chi connectivity index (χ3v) is 6.41. The predicted octanol–water partition coefficient (Wildman–Crippen LogP) is 5.72. The molecule has 1 aromatic heterocycles. The van der Waals surface area contributed by atoms with E-state index in [9.17, 15) is 10.4 Å². The van der Waals surface area contributed by atoms with Crippen LogP contribution in [0.1, 0.15) is 36.5 Å². The standard InChI is InChI=1S/C23H20Br2N4O2/c1-11(2)7-12-3-5-13(6-4-12)20-19-18(14-8-16(24)21(30)17(25)9-14)15(10-26)22(27)31-23(19)29-28-20/h3-6,8-9,11,18,30H,7,27H2,1-2H3,(H,28,29)/t18-/m0/s1. The van der Waals surface area contributed by atoms with Gasteiger partial charge >= 0.3 is 0 Å². The Morgan fingerprint density at radius 2 is 1.87 bits per heavy atom. The molecule has 4 rings (SSSR count). The Hall–Kier alpha value is -2.76. The van der Waals surface area contributed by atoms with E-state index < -0.39 is 5.92 Å². The summed E-state index contributed by atoms with van der Waals surface area (Å²) in [5.41, 5.74) is 10.8. The van der Waals surface area contributed by atoms with Gasteiger partial charge in [-0.25, -0.2) is 0 Å². The lowest BCUT2D eigenvalue weighted by Gasteiger charge is -2.24. The largest absolute Gasteiger partial charge is 0.506 e. The molecule has 8 heteroatoms. The van der Waals surface area contributed by atoms with Crippen molar-refractivity contribution in [3.8, 4) is 29.0 Å². The molecule has 0 radical (unpaired) electrons. The van der Waals surface area contributed by atoms with Gasteiger partial charge in [0.1, 0.15) is 17.4 Å². The molecule has 1 aliphatic rings. The minimum Gasteiger partial charge on any atom is -0.506 e. The van der Waals surface area contributed by atoms with Crippen molar-refractivity contribution in [2.75, 3.05) is 0 Å². The molecule has 0 aliphatic carbocycles. The van der Waals surface area contributed by atoms with Crippen molar-refractivity contribution in [2.24, 2.45) is 11.7 Å². The number of nitrogens with zero attached hydrogens (tertiary/aromatic N) is 2. The molecule has 0 saturated carbocycles. The molecule has 6 nitrogen and oxygen atoms in total. The normalized spacial score (nSPS) is 15.5. The molecule has 1 atom stereocenters. The molecule has 158 valence electrons. The average molecular weight is 544 g/mol. The number of nitrogens with two attached hydrogens (primary N) is 1. The molecule has 4 N–H and O–H groups in total. The van der Waals surface area contributed by atoms with Crippen LogP contribution in [-0.2, 0) is 6.42 Å². The van der Waals surface area contributed by atoms with Crippen LogP contribution in [0.15, 0.2) is 56.8 Å². The molecule has 3 aromatic rings. The summed E-state index contributed by atoms with van der Waals surface area (Å²) in [4.78, 5) is 0. The molecule has 2 heterocycles. The second-order valence-corrected chi connectivity index (χ2v) is 9.58. The van der Waals surface area contributed by atoms with Crippen molar-refractivity contribution >= 4 is 31.9 Å². The number of aromatic nitrogens is 2. The van der Waals surface area contributed by atoms with Crippen molar-refractivity contribution < 1.29 is 9.84 Å². The number of halogens is 2. The molecule has 0 spiro atoms. The number of fused-ring (bicyclic) bond motifs is 1. The number of hydrogen-bond acceptors (Lipinski definition) is 5. The molecule has 2 aromatic carbocycles. The van der Waals surface area contributed by atoms with Crippen LogP contribution in [0.2, 0.25) is 0 Å². The fraction of sp³-hybridized carbons (Fsp3) is 0.217. The first-order valence-corrected chi connectivity index (χ1v) is 11.3. The highest BCUT2D eigenvalue weighted by atomic mass is 79.9. The zero-order valence-electron chi connectivity index (χ0n) is 16.9. The minimum absolute atomic E-state index is 0.0191. The van der Waals surface area contributed by atoms with Crippen LogP contribution in [0.25, 0.3) is 11.3 Å². The SMILES string of the molecule is CC(C)Cc1ccc(-c2[nH]nc3c2[C@@H](c2cc(Br)c(O)c(Br)c2)C(C#N)=C(N)O3)cc1. The van der Waals surface area contributed by atoms with Crippen molar-refractivity contribution in [3.63, 3.8) is 0 Å². The maximum atomic E-state index is 10.1. The smallest absolute Gasteiger partial charge is 0.244 e. The second kappa shape index (κ2) is 8.40. The average Bonchev–Trinajstić information content (AvgIpc) is 3.14. The van der Waals surface area contributed by atoms with Crippen LogP contribution in [-0.4, -0.2) is 15.3 Å². The number of aromatic amines is 1. The van der Waals surface area contributed by atoms with Crippen LogP contribution in [0.4, 0.5) is 0 Å². The Morgan fingerprint density at radius 1 is 1.23 bits per heavy atom. The van der Waals surface area contributed by atoms with Crippen LogP contribution < -0.4 is 10.5 Å². The van der Waals surface area contributed by atoms with Gasteiger partial charge in [-0.15, -0.1) is 5.10 Å². The summed E-state index contributed by atoms with van der Waals surface area (Å²) in [5.74, 6) is 0.501. The Kier molecular flexibility index (Phi) is 5.82. The number of nitriles is 1. The van der Waals surface area contributed by atoms with Crippen LogP contribution in [0, 0.1) is 17.2 Å². The first kappa shape index (κ1) is 21.5. The molecule has 0 fully saturated rings. The first-order chi connectivity index (χ1) is 14.8. The summed E-state index contributed by atoms with van der Waals surface area (Å²) in [5, 5.41) is 27.4. The number of nitrogens with one attached hydrogen (secondary N) is 1. The molecular formula is C23H20Br2N4O2. The monoisotopic (exact) mass is 542 g/mol. The topological polar surface area (TPSA) is 108 Å². The number of phenols is 1. The fourth-order valence-corrected chi connectivity index (χ4v) is 5.05. The summed E-state index contributed by atoms with van der Waals surface area (Å²) in [6.07, 6.45) is 1.00. The Morgan fingerprint density at radius 3 is 2.45 bits per heavy atom. The maximum absolute atomic E-state index is 10.1. The molecule has 31 heavy (non-hydrogen) atoms. The quantitative estimate of drug-likeness (QED) is 0.389. The van der Waals surface area contributed by atoms with Gasteiger partial charge < -0.3 is 15.6 Å². The highest BCUT2D eigenvalue weighted by molar-refractivity contribution is 9.11. The van der Waals surface area contributed by atoms with E-state index in [4.69, 9.17) is 10.5 Å². The van der Waals surface area contributed by atoms with Crippen LogP contribution in [0.3, 0.4) is 0 Å². The number of phenolic OH excluding ortho intramolecular Hbond substituents is 1. The van der Waals surface area contributed by atoms with Gasteiger partial charge in [0.2, 0.25) is 11.8 Å². The molecule has 1 aliphatic heterocycles. The third-order valence-electron chi connectivity index (χ3n) is 5.20. The predicted molar refractivity (Wildman–Crippen MR) is 125 cm³/mol. The van der Waals surface area contributed by atoms with Gasteiger partial charge in [-0.05, 0) is 67.5 Å². The summed E-state index contributed by atoms with van der Waals surface area (Å²) in [6, 6.07) is 14.0. The molecule has 0 saturated heterocycles. The van der Waals surface area contributed by atoms with Gasteiger partial charge in [0.25, 0.3) is 0 Å². The number of hydrogen-bond donors (Lipinski definition) is 3. The van der Waals surface area contributed by atoms with Crippen molar-refractivity contribution in [1.29, 1.82) is 5.26 Å². The van der Waals surface area contributed by atoms with Gasteiger partial charge in [0.05, 0.1) is 26.1 Å².